The van der Waals surface area contributed by atoms with E-state index in [0.717, 1.165) is 51.7 Å². The number of fused-ring (bicyclic) bond motifs is 8. The summed E-state index contributed by atoms with van der Waals surface area (Å²) in [6, 6.07) is 41.5. The van der Waals surface area contributed by atoms with Gasteiger partial charge in [-0.1, -0.05) is 117 Å². The third-order valence-corrected chi connectivity index (χ3v) is 11.4. The number of halogens is 1. The van der Waals surface area contributed by atoms with Crippen molar-refractivity contribution in [3.05, 3.63) is 167 Å². The van der Waals surface area contributed by atoms with E-state index in [-0.39, 0.29) is 11.2 Å². The first-order valence-corrected chi connectivity index (χ1v) is 18.5. The van der Waals surface area contributed by atoms with Gasteiger partial charge in [0.15, 0.2) is 17.3 Å². The molecule has 1 atom stereocenters. The molecule has 2 aliphatic rings. The minimum absolute atomic E-state index is 0.259. The van der Waals surface area contributed by atoms with Gasteiger partial charge in [-0.3, -0.25) is 0 Å². The molecule has 1 aromatic heterocycles. The van der Waals surface area contributed by atoms with Crippen molar-refractivity contribution in [3.8, 4) is 50.9 Å². The molecule has 0 amide bonds. The van der Waals surface area contributed by atoms with Crippen LogP contribution in [0, 0.1) is 5.82 Å². The van der Waals surface area contributed by atoms with Gasteiger partial charge in [-0.2, -0.15) is 0 Å². The number of hydrogen-bond donors (Lipinski definition) is 0. The summed E-state index contributed by atoms with van der Waals surface area (Å²) >= 11 is 0. The van der Waals surface area contributed by atoms with Crippen LogP contribution in [-0.4, -0.2) is 24.2 Å². The van der Waals surface area contributed by atoms with Gasteiger partial charge in [-0.05, 0) is 76.9 Å². The number of benzene rings is 6. The average molecular weight is 711 g/mol. The van der Waals surface area contributed by atoms with Gasteiger partial charge in [0.05, 0.1) is 25.6 Å². The highest BCUT2D eigenvalue weighted by molar-refractivity contribution is 6.09. The van der Waals surface area contributed by atoms with Crippen LogP contribution in [0.4, 0.5) is 4.39 Å². The molecule has 0 spiro atoms. The highest BCUT2D eigenvalue weighted by atomic mass is 19.1. The molecule has 0 saturated carbocycles. The lowest BCUT2D eigenvalue weighted by Gasteiger charge is -2.38. The maximum absolute atomic E-state index is 14.7. The van der Waals surface area contributed by atoms with Crippen LogP contribution in [0.1, 0.15) is 54.8 Å². The number of aromatic nitrogens is 2. The summed E-state index contributed by atoms with van der Waals surface area (Å²) < 4.78 is 34.1. The van der Waals surface area contributed by atoms with Crippen molar-refractivity contribution >= 4 is 16.8 Å². The van der Waals surface area contributed by atoms with Gasteiger partial charge < -0.3 is 14.2 Å². The number of rotatable bonds is 8. The summed E-state index contributed by atoms with van der Waals surface area (Å²) in [5.41, 5.74) is 8.44. The maximum atomic E-state index is 14.7. The molecule has 54 heavy (non-hydrogen) atoms. The van der Waals surface area contributed by atoms with Crippen LogP contribution in [0.2, 0.25) is 0 Å². The van der Waals surface area contributed by atoms with Crippen LogP contribution in [-0.2, 0) is 11.0 Å². The standard InChI is InChI=1S/C48H39FN2O3/c1-5-47(6-2)38-20-14-13-19-34(38)43-36-27-41(52-3)42(53-4)28-37(36)45-35(44(43)47)25-26-48(54-45,32-21-23-33(49)24-22-32)46-50-39(30-15-9-7-10-16-30)29-40(51-46)31-17-11-8-12-18-31/h7-29H,5-6H2,1-4H3. The Morgan fingerprint density at radius 1 is 0.667 bits per heavy atom. The van der Waals surface area contributed by atoms with Crippen molar-refractivity contribution in [1.82, 2.24) is 9.97 Å². The zero-order chi connectivity index (χ0) is 37.0. The molecule has 0 radical (unpaired) electrons. The summed E-state index contributed by atoms with van der Waals surface area (Å²) in [5.74, 6) is 2.01. The molecule has 5 nitrogen and oxygen atoms in total. The van der Waals surface area contributed by atoms with E-state index >= 15 is 0 Å². The molecule has 9 rings (SSSR count). The Labute approximate surface area is 314 Å². The summed E-state index contributed by atoms with van der Waals surface area (Å²) in [4.78, 5) is 10.6. The molecule has 0 N–H and O–H groups in total. The number of ether oxygens (including phenoxy) is 3. The van der Waals surface area contributed by atoms with Crippen LogP contribution in [0.3, 0.4) is 0 Å². The Balaban J connectivity index is 1.39. The Morgan fingerprint density at radius 2 is 1.24 bits per heavy atom. The van der Waals surface area contributed by atoms with Gasteiger partial charge in [0.2, 0.25) is 5.60 Å². The number of methoxy groups -OCH3 is 2. The van der Waals surface area contributed by atoms with Crippen molar-refractivity contribution in [2.45, 2.75) is 37.7 Å². The van der Waals surface area contributed by atoms with E-state index in [2.05, 4.69) is 56.3 Å². The molecule has 0 bridgehead atoms. The summed E-state index contributed by atoms with van der Waals surface area (Å²) in [6.07, 6.45) is 6.05. The first kappa shape index (κ1) is 33.6. The minimum Gasteiger partial charge on any atom is -0.493 e. The summed E-state index contributed by atoms with van der Waals surface area (Å²) in [6.45, 7) is 4.54. The van der Waals surface area contributed by atoms with E-state index in [9.17, 15) is 4.39 Å². The molecule has 1 aliphatic heterocycles. The molecular weight excluding hydrogens is 672 g/mol. The van der Waals surface area contributed by atoms with Crippen molar-refractivity contribution in [3.63, 3.8) is 0 Å². The van der Waals surface area contributed by atoms with Gasteiger partial charge >= 0.3 is 0 Å². The lowest BCUT2D eigenvalue weighted by molar-refractivity contribution is 0.153. The molecule has 0 fully saturated rings. The third-order valence-electron chi connectivity index (χ3n) is 11.4. The van der Waals surface area contributed by atoms with E-state index in [0.29, 0.717) is 28.6 Å². The first-order valence-electron chi connectivity index (χ1n) is 18.5. The fourth-order valence-corrected chi connectivity index (χ4v) is 8.71. The van der Waals surface area contributed by atoms with E-state index in [1.165, 1.54) is 34.4 Å². The van der Waals surface area contributed by atoms with E-state index in [1.807, 2.05) is 72.8 Å². The fourth-order valence-electron chi connectivity index (χ4n) is 8.71. The lowest BCUT2D eigenvalue weighted by atomic mass is 9.71. The Kier molecular flexibility index (Phi) is 8.07. The molecule has 2 heterocycles. The average Bonchev–Trinajstić information content (AvgIpc) is 3.54. The van der Waals surface area contributed by atoms with Crippen molar-refractivity contribution in [2.24, 2.45) is 0 Å². The van der Waals surface area contributed by atoms with E-state index in [1.54, 1.807) is 26.4 Å². The predicted octanol–water partition coefficient (Wildman–Crippen LogP) is 11.6. The van der Waals surface area contributed by atoms with Crippen molar-refractivity contribution < 1.29 is 18.6 Å². The van der Waals surface area contributed by atoms with Crippen LogP contribution in [0.15, 0.2) is 133 Å². The molecule has 6 aromatic carbocycles. The Bertz CT molecular complexity index is 2520. The molecule has 6 heteroatoms. The van der Waals surface area contributed by atoms with E-state index in [4.69, 9.17) is 24.2 Å². The molecule has 266 valence electrons. The second kappa shape index (κ2) is 13.0. The number of hydrogen-bond acceptors (Lipinski definition) is 5. The molecule has 1 aliphatic carbocycles. The third kappa shape index (κ3) is 4.97. The zero-order valence-corrected chi connectivity index (χ0v) is 30.7. The highest BCUT2D eigenvalue weighted by Crippen LogP contribution is 2.61. The zero-order valence-electron chi connectivity index (χ0n) is 30.7. The monoisotopic (exact) mass is 710 g/mol. The lowest BCUT2D eigenvalue weighted by Crippen LogP contribution is -2.37. The maximum Gasteiger partial charge on any atom is 0.212 e. The molecule has 1 unspecified atom stereocenters. The SMILES string of the molecule is CCC1(CC)c2ccccc2-c2c1c1c(c3cc(OC)c(OC)cc23)OC(c2ccc(F)cc2)(c2nc(-c3ccccc3)cc(-c3ccccc3)n2)C=C1. The second-order valence-corrected chi connectivity index (χ2v) is 14.0. The second-order valence-electron chi connectivity index (χ2n) is 14.0. The highest BCUT2D eigenvalue weighted by Gasteiger charge is 2.48. The molecular formula is C48H39FN2O3. The quantitative estimate of drug-likeness (QED) is 0.157. The summed E-state index contributed by atoms with van der Waals surface area (Å²) in [5, 5.41) is 1.88. The molecule has 0 saturated heterocycles. The van der Waals surface area contributed by atoms with Crippen LogP contribution in [0.25, 0.3) is 50.5 Å². The van der Waals surface area contributed by atoms with E-state index < -0.39 is 5.60 Å². The van der Waals surface area contributed by atoms with Crippen LogP contribution in [0.5, 0.6) is 17.2 Å². The Hall–Kier alpha value is -6.27. The Morgan fingerprint density at radius 3 is 1.83 bits per heavy atom. The van der Waals surface area contributed by atoms with Gasteiger partial charge in [-0.25, -0.2) is 14.4 Å². The largest absolute Gasteiger partial charge is 0.493 e. The fraction of sp³-hybridized carbons (Fsp3) is 0.167. The predicted molar refractivity (Wildman–Crippen MR) is 214 cm³/mol. The normalized spacial score (nSPS) is 16.3. The van der Waals surface area contributed by atoms with Crippen molar-refractivity contribution in [1.29, 1.82) is 0 Å². The molecule has 7 aromatic rings. The van der Waals surface area contributed by atoms with Crippen molar-refractivity contribution in [2.75, 3.05) is 14.2 Å². The minimum atomic E-state index is -1.34. The smallest absolute Gasteiger partial charge is 0.212 e. The van der Waals surface area contributed by atoms with Gasteiger partial charge in [0, 0.05) is 33.1 Å². The van der Waals surface area contributed by atoms with Crippen LogP contribution >= 0.6 is 0 Å². The number of nitrogens with zero attached hydrogens (tertiary/aromatic N) is 2. The summed E-state index contributed by atoms with van der Waals surface area (Å²) in [7, 11) is 3.31. The van der Waals surface area contributed by atoms with Gasteiger partial charge in [0.1, 0.15) is 11.6 Å². The van der Waals surface area contributed by atoms with Gasteiger partial charge in [-0.15, -0.1) is 0 Å². The van der Waals surface area contributed by atoms with Crippen LogP contribution < -0.4 is 14.2 Å². The van der Waals surface area contributed by atoms with Gasteiger partial charge in [0.25, 0.3) is 0 Å². The topological polar surface area (TPSA) is 53.5 Å². The first-order chi connectivity index (χ1) is 26.4.